The monoisotopic (exact) mass is 428 g/mol. The summed E-state index contributed by atoms with van der Waals surface area (Å²) in [4.78, 5) is 29.3. The quantitative estimate of drug-likeness (QED) is 0.446. The lowest BCUT2D eigenvalue weighted by molar-refractivity contribution is -0.120. The summed E-state index contributed by atoms with van der Waals surface area (Å²) in [5.74, 6) is -0.646. The van der Waals surface area contributed by atoms with Gasteiger partial charge in [0.1, 0.15) is 10.6 Å². The Labute approximate surface area is 187 Å². The number of unbranched alkanes of at least 4 members (excludes halogenated alkanes) is 1. The number of imide groups is 1. The van der Waals surface area contributed by atoms with Gasteiger partial charge in [-0.2, -0.15) is 0 Å². The minimum Gasteiger partial charge on any atom is -0.350 e. The van der Waals surface area contributed by atoms with Crippen molar-refractivity contribution in [3.63, 3.8) is 0 Å². The molecule has 31 heavy (non-hydrogen) atoms. The first kappa shape index (κ1) is 20.9. The molecule has 1 aliphatic rings. The van der Waals surface area contributed by atoms with Crippen LogP contribution in [0.25, 0.3) is 0 Å². The molecule has 4 rings (SSSR count). The molecule has 3 aromatic rings. The average molecular weight is 429 g/mol. The third-order valence-corrected chi connectivity index (χ3v) is 6.15. The summed E-state index contributed by atoms with van der Waals surface area (Å²) < 4.78 is 0. The lowest BCUT2D eigenvalue weighted by Gasteiger charge is -2.16. The largest absolute Gasteiger partial charge is 0.350 e. The van der Waals surface area contributed by atoms with Crippen molar-refractivity contribution >= 4 is 35.0 Å². The highest BCUT2D eigenvalue weighted by Gasteiger charge is 2.40. The molecular weight excluding hydrogens is 404 g/mol. The number of carbonyl (C=O) groups is 2. The maximum atomic E-state index is 13.4. The van der Waals surface area contributed by atoms with Crippen LogP contribution in [-0.2, 0) is 16.0 Å². The molecule has 1 aliphatic heterocycles. The zero-order valence-electron chi connectivity index (χ0n) is 17.4. The summed E-state index contributed by atoms with van der Waals surface area (Å²) in [6, 6.07) is 26.8. The number of rotatable bonds is 8. The Balaban J connectivity index is 1.66. The summed E-state index contributed by atoms with van der Waals surface area (Å²) in [6.45, 7) is 2.16. The zero-order chi connectivity index (χ0) is 21.6. The van der Waals surface area contributed by atoms with Crippen LogP contribution >= 0.6 is 11.8 Å². The number of thioether (sulfide) groups is 1. The van der Waals surface area contributed by atoms with E-state index in [9.17, 15) is 9.59 Å². The number of hydrogen-bond acceptors (Lipinski definition) is 4. The van der Waals surface area contributed by atoms with Crippen molar-refractivity contribution in [3.05, 3.63) is 101 Å². The first-order chi connectivity index (χ1) is 15.2. The van der Waals surface area contributed by atoms with Gasteiger partial charge in [-0.3, -0.25) is 9.59 Å². The van der Waals surface area contributed by atoms with Crippen LogP contribution in [0.15, 0.2) is 100 Å². The van der Waals surface area contributed by atoms with E-state index in [0.29, 0.717) is 16.3 Å². The Hall–Kier alpha value is -3.31. The molecule has 0 atom stereocenters. The predicted octanol–water partition coefficient (Wildman–Crippen LogP) is 6.02. The van der Waals surface area contributed by atoms with Crippen LogP contribution in [0.3, 0.4) is 0 Å². The van der Waals surface area contributed by atoms with Crippen LogP contribution in [0.2, 0.25) is 0 Å². The molecule has 0 aromatic heterocycles. The van der Waals surface area contributed by atoms with Crippen LogP contribution in [0, 0.1) is 0 Å². The van der Waals surface area contributed by atoms with E-state index in [1.165, 1.54) is 22.2 Å². The lowest BCUT2D eigenvalue weighted by atomic mass is 10.1. The summed E-state index contributed by atoms with van der Waals surface area (Å²) in [5, 5.41) is 3.18. The van der Waals surface area contributed by atoms with Crippen molar-refractivity contribution < 1.29 is 9.59 Å². The number of nitrogens with zero attached hydrogens (tertiary/aromatic N) is 1. The fourth-order valence-corrected chi connectivity index (χ4v) is 4.36. The Morgan fingerprint density at radius 1 is 0.806 bits per heavy atom. The van der Waals surface area contributed by atoms with Crippen LogP contribution in [0.1, 0.15) is 25.3 Å². The molecule has 1 N–H and O–H groups in total. The van der Waals surface area contributed by atoms with Gasteiger partial charge in [-0.1, -0.05) is 73.6 Å². The molecular formula is C26H24N2O2S. The van der Waals surface area contributed by atoms with Gasteiger partial charge in [-0.05, 0) is 54.8 Å². The molecule has 0 aliphatic carbocycles. The molecule has 0 unspecified atom stereocenters. The van der Waals surface area contributed by atoms with Gasteiger partial charge in [0.2, 0.25) is 0 Å². The van der Waals surface area contributed by atoms with Gasteiger partial charge in [0.05, 0.1) is 5.69 Å². The molecule has 1 heterocycles. The zero-order valence-corrected chi connectivity index (χ0v) is 18.2. The number of benzene rings is 3. The number of nitrogens with one attached hydrogen (secondary N) is 1. The fourth-order valence-electron chi connectivity index (χ4n) is 3.41. The second-order valence-electron chi connectivity index (χ2n) is 7.33. The van der Waals surface area contributed by atoms with Gasteiger partial charge < -0.3 is 5.32 Å². The standard InChI is InChI=1S/C26H24N2O2S/c1-2-3-10-19-15-17-21(18-16-19)28-25(29)23(27-20-11-6-4-7-12-20)24(26(28)30)31-22-13-8-5-9-14-22/h4-9,11-18,27H,2-3,10H2,1H3. The molecule has 156 valence electrons. The average Bonchev–Trinajstić information content (AvgIpc) is 3.03. The third kappa shape index (κ3) is 4.72. The van der Waals surface area contributed by atoms with Gasteiger partial charge in [0.25, 0.3) is 11.8 Å². The smallest absolute Gasteiger partial charge is 0.283 e. The van der Waals surface area contributed by atoms with Crippen LogP contribution < -0.4 is 10.2 Å². The van der Waals surface area contributed by atoms with Crippen molar-refractivity contribution in [2.75, 3.05) is 10.2 Å². The highest BCUT2D eigenvalue weighted by atomic mass is 32.2. The second kappa shape index (κ2) is 9.67. The molecule has 5 heteroatoms. The molecule has 0 spiro atoms. The van der Waals surface area contributed by atoms with E-state index in [0.717, 1.165) is 29.8 Å². The number of anilines is 2. The van der Waals surface area contributed by atoms with Gasteiger partial charge in [0, 0.05) is 10.6 Å². The normalized spacial score (nSPS) is 13.8. The summed E-state index contributed by atoms with van der Waals surface area (Å²) in [5.41, 5.74) is 2.87. The number of carbonyl (C=O) groups excluding carboxylic acids is 2. The highest BCUT2D eigenvalue weighted by Crippen LogP contribution is 2.37. The highest BCUT2D eigenvalue weighted by molar-refractivity contribution is 8.04. The number of amides is 2. The molecule has 0 saturated carbocycles. The van der Waals surface area contributed by atoms with Gasteiger partial charge in [0.15, 0.2) is 0 Å². The maximum Gasteiger partial charge on any atom is 0.283 e. The van der Waals surface area contributed by atoms with Crippen LogP contribution in [0.4, 0.5) is 11.4 Å². The predicted molar refractivity (Wildman–Crippen MR) is 127 cm³/mol. The number of aryl methyl sites for hydroxylation is 1. The van der Waals surface area contributed by atoms with E-state index in [-0.39, 0.29) is 11.8 Å². The minimum atomic E-state index is -0.339. The SMILES string of the molecule is CCCCc1ccc(N2C(=O)C(Nc3ccccc3)=C(Sc3ccccc3)C2=O)cc1. The Morgan fingerprint density at radius 3 is 2.10 bits per heavy atom. The van der Waals surface area contributed by atoms with E-state index in [1.807, 2.05) is 84.9 Å². The molecule has 2 amide bonds. The van der Waals surface area contributed by atoms with Gasteiger partial charge in [-0.25, -0.2) is 4.90 Å². The molecule has 0 bridgehead atoms. The van der Waals surface area contributed by atoms with E-state index in [1.54, 1.807) is 0 Å². The van der Waals surface area contributed by atoms with Crippen molar-refractivity contribution in [1.29, 1.82) is 0 Å². The van der Waals surface area contributed by atoms with Crippen LogP contribution in [-0.4, -0.2) is 11.8 Å². The summed E-state index contributed by atoms with van der Waals surface area (Å²) >= 11 is 1.31. The summed E-state index contributed by atoms with van der Waals surface area (Å²) in [6.07, 6.45) is 3.24. The van der Waals surface area contributed by atoms with Crippen molar-refractivity contribution in [3.8, 4) is 0 Å². The number of hydrogen-bond donors (Lipinski definition) is 1. The third-order valence-electron chi connectivity index (χ3n) is 5.06. The summed E-state index contributed by atoms with van der Waals surface area (Å²) in [7, 11) is 0. The van der Waals surface area contributed by atoms with E-state index in [2.05, 4.69) is 12.2 Å². The van der Waals surface area contributed by atoms with Gasteiger partial charge in [-0.15, -0.1) is 0 Å². The minimum absolute atomic E-state index is 0.306. The molecule has 0 saturated heterocycles. The van der Waals surface area contributed by atoms with E-state index < -0.39 is 0 Å². The Bertz CT molecular complexity index is 1030. The molecule has 0 fully saturated rings. The van der Waals surface area contributed by atoms with Gasteiger partial charge >= 0.3 is 0 Å². The second-order valence-corrected chi connectivity index (χ2v) is 8.41. The first-order valence-corrected chi connectivity index (χ1v) is 11.3. The molecule has 4 nitrogen and oxygen atoms in total. The van der Waals surface area contributed by atoms with Crippen molar-refractivity contribution in [2.24, 2.45) is 0 Å². The Morgan fingerprint density at radius 2 is 1.45 bits per heavy atom. The lowest BCUT2D eigenvalue weighted by Crippen LogP contribution is -2.32. The van der Waals surface area contributed by atoms with E-state index in [4.69, 9.17) is 0 Å². The first-order valence-electron chi connectivity index (χ1n) is 10.4. The molecule has 3 aromatic carbocycles. The molecule has 0 radical (unpaired) electrons. The maximum absolute atomic E-state index is 13.4. The van der Waals surface area contributed by atoms with Crippen molar-refractivity contribution in [2.45, 2.75) is 31.1 Å². The topological polar surface area (TPSA) is 49.4 Å². The fraction of sp³-hybridized carbons (Fsp3) is 0.154. The van der Waals surface area contributed by atoms with Crippen molar-refractivity contribution in [1.82, 2.24) is 0 Å². The van der Waals surface area contributed by atoms with Crippen LogP contribution in [0.5, 0.6) is 0 Å². The van der Waals surface area contributed by atoms with E-state index >= 15 is 0 Å². The number of para-hydroxylation sites is 1. The Kier molecular flexibility index (Phi) is 6.53.